The molecule has 2 aromatic rings. The lowest BCUT2D eigenvalue weighted by Crippen LogP contribution is -2.43. The Morgan fingerprint density at radius 3 is 2.68 bits per heavy atom. The number of aliphatic imine (C=N–C) groups is 1. The Labute approximate surface area is 170 Å². The smallest absolute Gasteiger partial charge is 0.238 e. The summed E-state index contributed by atoms with van der Waals surface area (Å²) < 4.78 is 18.1. The van der Waals surface area contributed by atoms with Crippen molar-refractivity contribution in [2.75, 3.05) is 19.5 Å². The molecule has 0 aromatic heterocycles. The SMILES string of the molecule is COc1ccc(N=C2SC(C(=O)Nc3ccc(F)cc3)CC(=O)N2C)cc1Cl. The van der Waals surface area contributed by atoms with Gasteiger partial charge in [0.2, 0.25) is 11.8 Å². The summed E-state index contributed by atoms with van der Waals surface area (Å²) >= 11 is 7.30. The Kier molecular flexibility index (Phi) is 6.21. The molecule has 2 aromatic carbocycles. The molecule has 1 unspecified atom stereocenters. The summed E-state index contributed by atoms with van der Waals surface area (Å²) in [5.41, 5.74) is 0.992. The number of amides is 2. The Morgan fingerprint density at radius 2 is 2.04 bits per heavy atom. The number of methoxy groups -OCH3 is 1. The van der Waals surface area contributed by atoms with Crippen LogP contribution in [-0.4, -0.2) is 41.3 Å². The molecule has 0 bridgehead atoms. The van der Waals surface area contributed by atoms with Crippen molar-refractivity contribution in [2.45, 2.75) is 11.7 Å². The summed E-state index contributed by atoms with van der Waals surface area (Å²) in [6, 6.07) is 10.4. The molecule has 28 heavy (non-hydrogen) atoms. The zero-order valence-electron chi connectivity index (χ0n) is 15.1. The summed E-state index contributed by atoms with van der Waals surface area (Å²) in [5, 5.41) is 2.82. The van der Waals surface area contributed by atoms with Crippen molar-refractivity contribution in [3.8, 4) is 5.75 Å². The molecule has 3 rings (SSSR count). The van der Waals surface area contributed by atoms with Crippen LogP contribution in [0, 0.1) is 5.82 Å². The number of halogens is 2. The molecule has 1 aliphatic heterocycles. The second kappa shape index (κ2) is 8.62. The predicted molar refractivity (Wildman–Crippen MR) is 109 cm³/mol. The minimum Gasteiger partial charge on any atom is -0.495 e. The van der Waals surface area contributed by atoms with Gasteiger partial charge in [-0.05, 0) is 42.5 Å². The van der Waals surface area contributed by atoms with E-state index >= 15 is 0 Å². The molecule has 1 heterocycles. The molecular formula is C19H17ClFN3O3S. The number of nitrogens with one attached hydrogen (secondary N) is 1. The Morgan fingerprint density at radius 1 is 1.32 bits per heavy atom. The van der Waals surface area contributed by atoms with E-state index in [9.17, 15) is 14.0 Å². The van der Waals surface area contributed by atoms with Gasteiger partial charge < -0.3 is 10.1 Å². The van der Waals surface area contributed by atoms with Crippen LogP contribution in [0.5, 0.6) is 5.75 Å². The maximum atomic E-state index is 13.0. The van der Waals surface area contributed by atoms with Crippen LogP contribution >= 0.6 is 23.4 Å². The molecule has 1 saturated heterocycles. The van der Waals surface area contributed by atoms with Crippen LogP contribution in [0.15, 0.2) is 47.5 Å². The lowest BCUT2D eigenvalue weighted by molar-refractivity contribution is -0.128. The molecule has 0 spiro atoms. The number of ether oxygens (including phenoxy) is 1. The van der Waals surface area contributed by atoms with Gasteiger partial charge in [0.1, 0.15) is 16.8 Å². The number of benzene rings is 2. The largest absolute Gasteiger partial charge is 0.495 e. The van der Waals surface area contributed by atoms with Gasteiger partial charge in [-0.2, -0.15) is 0 Å². The van der Waals surface area contributed by atoms with Gasteiger partial charge in [0, 0.05) is 19.2 Å². The highest BCUT2D eigenvalue weighted by atomic mass is 35.5. The van der Waals surface area contributed by atoms with E-state index in [1.807, 2.05) is 0 Å². The molecule has 2 amide bonds. The Bertz CT molecular complexity index is 937. The highest BCUT2D eigenvalue weighted by Crippen LogP contribution is 2.32. The van der Waals surface area contributed by atoms with Gasteiger partial charge in [-0.1, -0.05) is 23.4 Å². The number of carbonyl (C=O) groups is 2. The average molecular weight is 422 g/mol. The monoisotopic (exact) mass is 421 g/mol. The van der Waals surface area contributed by atoms with E-state index in [-0.39, 0.29) is 18.2 Å². The molecule has 0 aliphatic carbocycles. The summed E-state index contributed by atoms with van der Waals surface area (Å²) in [6.07, 6.45) is 0.0383. The van der Waals surface area contributed by atoms with Crippen molar-refractivity contribution in [3.63, 3.8) is 0 Å². The Hall–Kier alpha value is -2.58. The molecule has 6 nitrogen and oxygen atoms in total. The minimum atomic E-state index is -0.652. The number of amidine groups is 1. The predicted octanol–water partition coefficient (Wildman–Crippen LogP) is 4.08. The normalized spacial score (nSPS) is 18.3. The molecule has 146 valence electrons. The summed E-state index contributed by atoms with van der Waals surface area (Å²) in [5.74, 6) is -0.452. The first kappa shape index (κ1) is 20.2. The van der Waals surface area contributed by atoms with E-state index in [0.717, 1.165) is 0 Å². The van der Waals surface area contributed by atoms with Crippen molar-refractivity contribution in [3.05, 3.63) is 53.3 Å². The molecular weight excluding hydrogens is 405 g/mol. The van der Waals surface area contributed by atoms with Gasteiger partial charge in [0.25, 0.3) is 0 Å². The third-order valence-corrected chi connectivity index (χ3v) is 5.57. The second-order valence-corrected chi connectivity index (χ2v) is 7.55. The standard InChI is InChI=1S/C19H17ClFN3O3S/c1-24-17(25)10-16(18(26)22-12-5-3-11(21)4-6-12)28-19(24)23-13-7-8-15(27-2)14(20)9-13/h3-9,16H,10H2,1-2H3,(H,22,26). The summed E-state index contributed by atoms with van der Waals surface area (Å²) in [4.78, 5) is 30.7. The van der Waals surface area contributed by atoms with E-state index in [0.29, 0.717) is 27.3 Å². The fourth-order valence-electron chi connectivity index (χ4n) is 2.49. The highest BCUT2D eigenvalue weighted by molar-refractivity contribution is 8.15. The second-order valence-electron chi connectivity index (χ2n) is 5.97. The number of carbonyl (C=O) groups excluding carboxylic acids is 2. The third-order valence-electron chi connectivity index (χ3n) is 4.03. The van der Waals surface area contributed by atoms with Crippen LogP contribution in [0.2, 0.25) is 5.02 Å². The van der Waals surface area contributed by atoms with E-state index < -0.39 is 11.1 Å². The first-order valence-electron chi connectivity index (χ1n) is 8.29. The van der Waals surface area contributed by atoms with Crippen LogP contribution in [0.1, 0.15) is 6.42 Å². The first-order chi connectivity index (χ1) is 13.4. The minimum absolute atomic E-state index is 0.0383. The van der Waals surface area contributed by atoms with Crippen LogP contribution < -0.4 is 10.1 Å². The first-order valence-corrected chi connectivity index (χ1v) is 9.55. The molecule has 0 radical (unpaired) electrons. The van der Waals surface area contributed by atoms with E-state index in [1.165, 1.54) is 48.0 Å². The molecule has 0 saturated carbocycles. The fraction of sp³-hybridized carbons (Fsp3) is 0.211. The van der Waals surface area contributed by atoms with Crippen molar-refractivity contribution < 1.29 is 18.7 Å². The van der Waals surface area contributed by atoms with Crippen LogP contribution in [0.4, 0.5) is 15.8 Å². The lowest BCUT2D eigenvalue weighted by Gasteiger charge is -2.28. The van der Waals surface area contributed by atoms with Crippen molar-refractivity contribution >= 4 is 51.7 Å². The molecule has 1 atom stereocenters. The quantitative estimate of drug-likeness (QED) is 0.807. The summed E-state index contributed by atoms with van der Waals surface area (Å²) in [6.45, 7) is 0. The van der Waals surface area contributed by atoms with Crippen molar-refractivity contribution in [1.82, 2.24) is 4.90 Å². The van der Waals surface area contributed by atoms with Gasteiger partial charge in [0.05, 0.1) is 17.8 Å². The fourth-order valence-corrected chi connectivity index (χ4v) is 3.81. The topological polar surface area (TPSA) is 71.0 Å². The average Bonchev–Trinajstić information content (AvgIpc) is 2.67. The van der Waals surface area contributed by atoms with Gasteiger partial charge in [-0.25, -0.2) is 9.38 Å². The number of hydrogen-bond donors (Lipinski definition) is 1. The van der Waals surface area contributed by atoms with E-state index in [4.69, 9.17) is 16.3 Å². The summed E-state index contributed by atoms with van der Waals surface area (Å²) in [7, 11) is 3.12. The van der Waals surface area contributed by atoms with E-state index in [1.54, 1.807) is 25.2 Å². The number of anilines is 1. The van der Waals surface area contributed by atoms with Gasteiger partial charge in [0.15, 0.2) is 5.17 Å². The highest BCUT2D eigenvalue weighted by Gasteiger charge is 2.34. The molecule has 1 aliphatic rings. The van der Waals surface area contributed by atoms with Crippen LogP contribution in [0.25, 0.3) is 0 Å². The van der Waals surface area contributed by atoms with Crippen LogP contribution in [-0.2, 0) is 9.59 Å². The molecule has 1 fully saturated rings. The number of hydrogen-bond acceptors (Lipinski definition) is 5. The van der Waals surface area contributed by atoms with Crippen molar-refractivity contribution in [1.29, 1.82) is 0 Å². The lowest BCUT2D eigenvalue weighted by atomic mass is 10.2. The Balaban J connectivity index is 1.78. The maximum absolute atomic E-state index is 13.0. The number of rotatable bonds is 4. The van der Waals surface area contributed by atoms with Gasteiger partial charge in [-0.3, -0.25) is 14.5 Å². The maximum Gasteiger partial charge on any atom is 0.238 e. The van der Waals surface area contributed by atoms with E-state index in [2.05, 4.69) is 10.3 Å². The molecule has 1 N–H and O–H groups in total. The number of nitrogens with zero attached hydrogens (tertiary/aromatic N) is 2. The number of thioether (sulfide) groups is 1. The van der Waals surface area contributed by atoms with Crippen molar-refractivity contribution in [2.24, 2.45) is 4.99 Å². The molecule has 9 heteroatoms. The van der Waals surface area contributed by atoms with Gasteiger partial charge >= 0.3 is 0 Å². The van der Waals surface area contributed by atoms with Crippen LogP contribution in [0.3, 0.4) is 0 Å². The zero-order valence-corrected chi connectivity index (χ0v) is 16.7. The van der Waals surface area contributed by atoms with Gasteiger partial charge in [-0.15, -0.1) is 0 Å². The third kappa shape index (κ3) is 4.63. The zero-order chi connectivity index (χ0) is 20.3.